The van der Waals surface area contributed by atoms with Gasteiger partial charge in [-0.3, -0.25) is 0 Å². The van der Waals surface area contributed by atoms with Crippen LogP contribution in [0.2, 0.25) is 0 Å². The van der Waals surface area contributed by atoms with Crippen LogP contribution in [-0.4, -0.2) is 24.4 Å². The fraction of sp³-hybridized carbons (Fsp3) is 0.900. The predicted molar refractivity (Wildman–Crippen MR) is 95.1 cm³/mol. The number of hydrogen-bond acceptors (Lipinski definition) is 2. The van der Waals surface area contributed by atoms with Crippen LogP contribution in [0.15, 0.2) is 12.2 Å². The molecule has 0 aliphatic heterocycles. The van der Waals surface area contributed by atoms with Gasteiger partial charge < -0.3 is 9.47 Å². The van der Waals surface area contributed by atoms with E-state index in [2.05, 4.69) is 55.0 Å². The standard InChI is InChI=1S/C20H38O2/c1-14(2)18-10-9-15(3)12-19(18)21-13-16(4)11-17(5)22-20(6,7)8/h15-19H,1,9-13H2,2-8H3. The molecule has 0 spiro atoms. The smallest absolute Gasteiger partial charge is 0.0642 e. The van der Waals surface area contributed by atoms with E-state index in [-0.39, 0.29) is 11.7 Å². The molecule has 0 radical (unpaired) electrons. The molecule has 2 heteroatoms. The van der Waals surface area contributed by atoms with Gasteiger partial charge in [0.15, 0.2) is 0 Å². The Kier molecular flexibility index (Phi) is 7.61. The summed E-state index contributed by atoms with van der Waals surface area (Å²) < 4.78 is 12.3. The Morgan fingerprint density at radius 3 is 2.41 bits per heavy atom. The first-order valence-corrected chi connectivity index (χ1v) is 9.03. The van der Waals surface area contributed by atoms with Crippen molar-refractivity contribution < 1.29 is 9.47 Å². The molecule has 1 rings (SSSR count). The fourth-order valence-electron chi connectivity index (χ4n) is 3.65. The topological polar surface area (TPSA) is 18.5 Å². The minimum Gasteiger partial charge on any atom is -0.377 e. The maximum atomic E-state index is 6.30. The monoisotopic (exact) mass is 310 g/mol. The normalized spacial score (nSPS) is 29.1. The van der Waals surface area contributed by atoms with Crippen molar-refractivity contribution in [2.75, 3.05) is 6.61 Å². The lowest BCUT2D eigenvalue weighted by atomic mass is 9.77. The van der Waals surface area contributed by atoms with E-state index in [1.165, 1.54) is 24.8 Å². The lowest BCUT2D eigenvalue weighted by molar-refractivity contribution is -0.0721. The van der Waals surface area contributed by atoms with Crippen LogP contribution in [0.5, 0.6) is 0 Å². The summed E-state index contributed by atoms with van der Waals surface area (Å²) in [6, 6.07) is 0. The van der Waals surface area contributed by atoms with Gasteiger partial charge in [0, 0.05) is 12.5 Å². The maximum absolute atomic E-state index is 6.30. The molecule has 0 saturated heterocycles. The minimum absolute atomic E-state index is 0.0656. The Labute approximate surface area is 138 Å². The average molecular weight is 311 g/mol. The van der Waals surface area contributed by atoms with Crippen molar-refractivity contribution in [3.63, 3.8) is 0 Å². The number of rotatable bonds is 7. The maximum Gasteiger partial charge on any atom is 0.0642 e. The first kappa shape index (κ1) is 19.7. The molecule has 0 aromatic carbocycles. The summed E-state index contributed by atoms with van der Waals surface area (Å²) in [5.74, 6) is 1.85. The fourth-order valence-corrected chi connectivity index (χ4v) is 3.65. The van der Waals surface area contributed by atoms with Gasteiger partial charge in [0.2, 0.25) is 0 Å². The molecule has 22 heavy (non-hydrogen) atoms. The van der Waals surface area contributed by atoms with Crippen molar-refractivity contribution >= 4 is 0 Å². The largest absolute Gasteiger partial charge is 0.377 e. The Bertz CT molecular complexity index is 342. The van der Waals surface area contributed by atoms with Gasteiger partial charge in [0.25, 0.3) is 0 Å². The van der Waals surface area contributed by atoms with Gasteiger partial charge in [0.05, 0.1) is 17.8 Å². The molecule has 5 unspecified atom stereocenters. The molecule has 0 amide bonds. The van der Waals surface area contributed by atoms with Crippen LogP contribution in [0, 0.1) is 17.8 Å². The zero-order chi connectivity index (χ0) is 16.9. The van der Waals surface area contributed by atoms with Crippen LogP contribution in [0.4, 0.5) is 0 Å². The van der Waals surface area contributed by atoms with Gasteiger partial charge >= 0.3 is 0 Å². The molecule has 130 valence electrons. The average Bonchev–Trinajstić information content (AvgIpc) is 2.33. The lowest BCUT2D eigenvalue weighted by Gasteiger charge is -2.36. The van der Waals surface area contributed by atoms with Crippen molar-refractivity contribution in [2.45, 2.75) is 92.0 Å². The van der Waals surface area contributed by atoms with Gasteiger partial charge in [-0.1, -0.05) is 26.0 Å². The molecule has 5 atom stereocenters. The molecule has 1 aliphatic carbocycles. The van der Waals surface area contributed by atoms with Gasteiger partial charge in [-0.25, -0.2) is 0 Å². The van der Waals surface area contributed by atoms with E-state index in [0.717, 1.165) is 18.9 Å². The first-order chi connectivity index (χ1) is 10.1. The highest BCUT2D eigenvalue weighted by Crippen LogP contribution is 2.35. The second kappa shape index (κ2) is 8.49. The molecule has 0 heterocycles. The van der Waals surface area contributed by atoms with E-state index < -0.39 is 0 Å². The second-order valence-corrected chi connectivity index (χ2v) is 8.62. The predicted octanol–water partition coefficient (Wildman–Crippen LogP) is 5.61. The molecular formula is C20H38O2. The van der Waals surface area contributed by atoms with Crippen LogP contribution in [0.1, 0.15) is 74.1 Å². The zero-order valence-electron chi connectivity index (χ0n) is 15.9. The van der Waals surface area contributed by atoms with Crippen molar-refractivity contribution in [1.29, 1.82) is 0 Å². The van der Waals surface area contributed by atoms with Crippen molar-refractivity contribution in [2.24, 2.45) is 17.8 Å². The summed E-state index contributed by atoms with van der Waals surface area (Å²) in [5.41, 5.74) is 1.22. The van der Waals surface area contributed by atoms with E-state index >= 15 is 0 Å². The molecule has 0 bridgehead atoms. The van der Waals surface area contributed by atoms with Crippen molar-refractivity contribution in [1.82, 2.24) is 0 Å². The minimum atomic E-state index is -0.0656. The van der Waals surface area contributed by atoms with E-state index in [1.54, 1.807) is 0 Å². The molecule has 0 aromatic heterocycles. The molecule has 0 N–H and O–H groups in total. The highest BCUT2D eigenvalue weighted by Gasteiger charge is 2.30. The summed E-state index contributed by atoms with van der Waals surface area (Å²) in [6.07, 6.45) is 5.42. The molecular weight excluding hydrogens is 272 g/mol. The van der Waals surface area contributed by atoms with Gasteiger partial charge in [-0.2, -0.15) is 0 Å². The third-order valence-electron chi connectivity index (χ3n) is 4.57. The zero-order valence-corrected chi connectivity index (χ0v) is 15.9. The van der Waals surface area contributed by atoms with E-state index in [1.807, 2.05) is 0 Å². The van der Waals surface area contributed by atoms with E-state index in [4.69, 9.17) is 9.47 Å². The SMILES string of the molecule is C=C(C)C1CCC(C)CC1OCC(C)CC(C)OC(C)(C)C. The van der Waals surface area contributed by atoms with E-state index in [0.29, 0.717) is 17.9 Å². The number of hydrogen-bond donors (Lipinski definition) is 0. The molecule has 1 saturated carbocycles. The Morgan fingerprint density at radius 1 is 1.23 bits per heavy atom. The summed E-state index contributed by atoms with van der Waals surface area (Å²) >= 11 is 0. The van der Waals surface area contributed by atoms with Crippen LogP contribution in [0.3, 0.4) is 0 Å². The van der Waals surface area contributed by atoms with Gasteiger partial charge in [-0.05, 0) is 72.1 Å². The van der Waals surface area contributed by atoms with Crippen LogP contribution in [0.25, 0.3) is 0 Å². The highest BCUT2D eigenvalue weighted by molar-refractivity contribution is 5.02. The quantitative estimate of drug-likeness (QED) is 0.569. The Balaban J connectivity index is 2.41. The Morgan fingerprint density at radius 2 is 1.86 bits per heavy atom. The molecule has 0 aromatic rings. The third kappa shape index (κ3) is 7.28. The van der Waals surface area contributed by atoms with Gasteiger partial charge in [-0.15, -0.1) is 0 Å². The lowest BCUT2D eigenvalue weighted by Crippen LogP contribution is -2.33. The molecule has 1 aliphatic rings. The van der Waals surface area contributed by atoms with E-state index in [9.17, 15) is 0 Å². The summed E-state index contributed by atoms with van der Waals surface area (Å²) in [4.78, 5) is 0. The van der Waals surface area contributed by atoms with Crippen LogP contribution < -0.4 is 0 Å². The van der Waals surface area contributed by atoms with Gasteiger partial charge in [0.1, 0.15) is 0 Å². The molecule has 1 fully saturated rings. The van der Waals surface area contributed by atoms with Crippen molar-refractivity contribution in [3.8, 4) is 0 Å². The third-order valence-corrected chi connectivity index (χ3v) is 4.57. The van der Waals surface area contributed by atoms with Crippen LogP contribution >= 0.6 is 0 Å². The Hall–Kier alpha value is -0.340. The number of ether oxygens (including phenoxy) is 2. The summed E-state index contributed by atoms with van der Waals surface area (Å²) in [5, 5.41) is 0. The molecule has 2 nitrogen and oxygen atoms in total. The second-order valence-electron chi connectivity index (χ2n) is 8.62. The first-order valence-electron chi connectivity index (χ1n) is 9.03. The summed E-state index contributed by atoms with van der Waals surface area (Å²) in [7, 11) is 0. The summed E-state index contributed by atoms with van der Waals surface area (Å²) in [6.45, 7) is 20.3. The highest BCUT2D eigenvalue weighted by atomic mass is 16.5. The van der Waals surface area contributed by atoms with Crippen molar-refractivity contribution in [3.05, 3.63) is 12.2 Å². The van der Waals surface area contributed by atoms with Crippen LogP contribution in [-0.2, 0) is 9.47 Å².